The molecular weight excluding hydrogens is 301 g/mol. The number of amides is 1. The molecule has 0 aliphatic heterocycles. The van der Waals surface area contributed by atoms with Gasteiger partial charge in [-0.15, -0.1) is 11.3 Å². The lowest BCUT2D eigenvalue weighted by Gasteiger charge is -2.07. The Labute approximate surface area is 115 Å². The first-order valence-electron chi connectivity index (χ1n) is 5.30. The third-order valence-corrected chi connectivity index (χ3v) is 3.12. The fraction of sp³-hybridized carbons (Fsp3) is 0.500. The Hall–Kier alpha value is -1.68. The molecule has 0 saturated heterocycles. The van der Waals surface area contributed by atoms with Crippen LogP contribution < -0.4 is 5.32 Å². The highest BCUT2D eigenvalue weighted by Gasteiger charge is 2.27. The van der Waals surface area contributed by atoms with E-state index in [1.54, 1.807) is 0 Å². The molecule has 0 radical (unpaired) electrons. The average molecular weight is 312 g/mol. The molecule has 0 bridgehead atoms. The Balaban J connectivity index is 2.38. The normalized spacial score (nSPS) is 11.4. The number of aromatic nitrogens is 1. The van der Waals surface area contributed by atoms with E-state index < -0.39 is 31.3 Å². The number of thiazole rings is 1. The maximum Gasteiger partial charge on any atom is 0.411 e. The van der Waals surface area contributed by atoms with Gasteiger partial charge in [0.25, 0.3) is 0 Å². The molecule has 0 aromatic carbocycles. The Morgan fingerprint density at radius 1 is 1.45 bits per heavy atom. The number of aromatic carboxylic acids is 1. The molecule has 20 heavy (non-hydrogen) atoms. The Kier molecular flexibility index (Phi) is 5.45. The second-order valence-electron chi connectivity index (χ2n) is 3.71. The fourth-order valence-electron chi connectivity index (χ4n) is 1.21. The molecule has 0 fully saturated rings. The molecule has 0 atom stereocenters. The van der Waals surface area contributed by atoms with Crippen molar-refractivity contribution in [3.63, 3.8) is 0 Å². The number of nitrogens with one attached hydrogen (secondary N) is 1. The SMILES string of the molecule is Cc1nc(CNC(=O)COCC(F)(F)F)sc1C(=O)O. The lowest BCUT2D eigenvalue weighted by Crippen LogP contribution is -2.29. The number of hydrogen-bond acceptors (Lipinski definition) is 5. The first-order chi connectivity index (χ1) is 9.19. The molecule has 0 saturated carbocycles. The van der Waals surface area contributed by atoms with Crippen LogP contribution in [0.4, 0.5) is 13.2 Å². The number of alkyl halides is 3. The number of carbonyl (C=O) groups excluding carboxylic acids is 1. The third kappa shape index (κ3) is 5.53. The number of rotatable bonds is 6. The van der Waals surface area contributed by atoms with Gasteiger partial charge in [-0.1, -0.05) is 0 Å². The van der Waals surface area contributed by atoms with Gasteiger partial charge in [-0.2, -0.15) is 13.2 Å². The van der Waals surface area contributed by atoms with Gasteiger partial charge in [0.15, 0.2) is 0 Å². The number of carboxylic acid groups (broad SMARTS) is 1. The monoisotopic (exact) mass is 312 g/mol. The van der Waals surface area contributed by atoms with Crippen LogP contribution in [0.15, 0.2) is 0 Å². The van der Waals surface area contributed by atoms with Crippen LogP contribution in [-0.2, 0) is 16.1 Å². The van der Waals surface area contributed by atoms with Crippen molar-refractivity contribution in [3.8, 4) is 0 Å². The third-order valence-electron chi connectivity index (χ3n) is 1.97. The highest BCUT2D eigenvalue weighted by atomic mass is 32.1. The van der Waals surface area contributed by atoms with Gasteiger partial charge in [0, 0.05) is 0 Å². The van der Waals surface area contributed by atoms with Crippen LogP contribution in [0.25, 0.3) is 0 Å². The smallest absolute Gasteiger partial charge is 0.411 e. The topological polar surface area (TPSA) is 88.5 Å². The van der Waals surface area contributed by atoms with Gasteiger partial charge in [-0.05, 0) is 6.92 Å². The van der Waals surface area contributed by atoms with Gasteiger partial charge in [-0.3, -0.25) is 4.79 Å². The first-order valence-corrected chi connectivity index (χ1v) is 6.11. The van der Waals surface area contributed by atoms with Crippen molar-refractivity contribution in [1.29, 1.82) is 0 Å². The molecule has 1 rings (SSSR count). The molecule has 1 aromatic rings. The molecule has 0 aliphatic rings. The summed E-state index contributed by atoms with van der Waals surface area (Å²) in [4.78, 5) is 25.9. The van der Waals surface area contributed by atoms with Crippen molar-refractivity contribution in [2.24, 2.45) is 0 Å². The predicted molar refractivity (Wildman–Crippen MR) is 62.5 cm³/mol. The zero-order valence-corrected chi connectivity index (χ0v) is 11.1. The van der Waals surface area contributed by atoms with Crippen LogP contribution in [0.2, 0.25) is 0 Å². The number of halogens is 3. The zero-order valence-electron chi connectivity index (χ0n) is 10.3. The van der Waals surface area contributed by atoms with Crippen molar-refractivity contribution in [2.45, 2.75) is 19.6 Å². The van der Waals surface area contributed by atoms with Gasteiger partial charge < -0.3 is 15.2 Å². The molecule has 0 spiro atoms. The van der Waals surface area contributed by atoms with E-state index in [1.807, 2.05) is 0 Å². The van der Waals surface area contributed by atoms with Crippen molar-refractivity contribution >= 4 is 23.2 Å². The molecule has 6 nitrogen and oxygen atoms in total. The molecule has 1 amide bonds. The zero-order chi connectivity index (χ0) is 15.3. The van der Waals surface area contributed by atoms with Crippen molar-refractivity contribution in [3.05, 3.63) is 15.6 Å². The number of carboxylic acids is 1. The number of carbonyl (C=O) groups is 2. The molecular formula is C10H11F3N2O4S. The molecule has 1 heterocycles. The van der Waals surface area contributed by atoms with Crippen LogP contribution in [0.3, 0.4) is 0 Å². The fourth-order valence-corrected chi connectivity index (χ4v) is 2.05. The number of hydrogen-bond donors (Lipinski definition) is 2. The van der Waals surface area contributed by atoms with Crippen LogP contribution in [0.5, 0.6) is 0 Å². The summed E-state index contributed by atoms with van der Waals surface area (Å²) in [7, 11) is 0. The van der Waals surface area contributed by atoms with E-state index in [9.17, 15) is 22.8 Å². The minimum Gasteiger partial charge on any atom is -0.477 e. The summed E-state index contributed by atoms with van der Waals surface area (Å²) in [5, 5.41) is 11.4. The van der Waals surface area contributed by atoms with Gasteiger partial charge in [-0.25, -0.2) is 9.78 Å². The highest BCUT2D eigenvalue weighted by Crippen LogP contribution is 2.17. The molecule has 112 valence electrons. The first kappa shape index (κ1) is 16.4. The molecule has 2 N–H and O–H groups in total. The maximum absolute atomic E-state index is 11.8. The summed E-state index contributed by atoms with van der Waals surface area (Å²) in [5.41, 5.74) is 0.320. The van der Waals surface area contributed by atoms with E-state index in [-0.39, 0.29) is 11.4 Å². The number of ether oxygens (including phenoxy) is 1. The van der Waals surface area contributed by atoms with Crippen LogP contribution in [0.1, 0.15) is 20.4 Å². The van der Waals surface area contributed by atoms with Gasteiger partial charge in [0.2, 0.25) is 5.91 Å². The number of nitrogens with zero attached hydrogens (tertiary/aromatic N) is 1. The molecule has 0 aliphatic carbocycles. The summed E-state index contributed by atoms with van der Waals surface area (Å²) in [6.45, 7) is -0.777. The predicted octanol–water partition coefficient (Wildman–Crippen LogP) is 1.34. The second kappa shape index (κ2) is 6.66. The van der Waals surface area contributed by atoms with Crippen molar-refractivity contribution in [1.82, 2.24) is 10.3 Å². The Morgan fingerprint density at radius 3 is 2.60 bits per heavy atom. The lowest BCUT2D eigenvalue weighted by atomic mass is 10.4. The van der Waals surface area contributed by atoms with Crippen LogP contribution in [0, 0.1) is 6.92 Å². The maximum atomic E-state index is 11.8. The quantitative estimate of drug-likeness (QED) is 0.827. The number of aryl methyl sites for hydroxylation is 1. The summed E-state index contributed by atoms with van der Waals surface area (Å²) in [6, 6.07) is 0. The Bertz CT molecular complexity index is 501. The summed E-state index contributed by atoms with van der Waals surface area (Å²) >= 11 is 0.891. The standard InChI is InChI=1S/C10H11F3N2O4S/c1-5-8(9(17)18)20-7(15-5)2-14-6(16)3-19-4-10(11,12)13/h2-4H2,1H3,(H,14,16)(H,17,18). The van der Waals surface area contributed by atoms with Gasteiger partial charge in [0.05, 0.1) is 12.2 Å². The van der Waals surface area contributed by atoms with E-state index in [2.05, 4.69) is 15.0 Å². The van der Waals surface area contributed by atoms with E-state index in [0.29, 0.717) is 10.7 Å². The van der Waals surface area contributed by atoms with Crippen LogP contribution >= 0.6 is 11.3 Å². The van der Waals surface area contributed by atoms with E-state index in [4.69, 9.17) is 5.11 Å². The average Bonchev–Trinajstić information content (AvgIpc) is 2.66. The van der Waals surface area contributed by atoms with E-state index in [1.165, 1.54) is 6.92 Å². The van der Waals surface area contributed by atoms with Crippen LogP contribution in [-0.4, -0.2) is 41.4 Å². The van der Waals surface area contributed by atoms with Crippen molar-refractivity contribution < 1.29 is 32.6 Å². The van der Waals surface area contributed by atoms with Gasteiger partial charge in [0.1, 0.15) is 23.1 Å². The second-order valence-corrected chi connectivity index (χ2v) is 4.80. The minimum absolute atomic E-state index is 0.0579. The highest BCUT2D eigenvalue weighted by molar-refractivity contribution is 7.13. The van der Waals surface area contributed by atoms with E-state index in [0.717, 1.165) is 11.3 Å². The molecule has 10 heteroatoms. The Morgan fingerprint density at radius 2 is 2.10 bits per heavy atom. The molecule has 0 unspecified atom stereocenters. The largest absolute Gasteiger partial charge is 0.477 e. The summed E-state index contributed by atoms with van der Waals surface area (Å²) in [5.74, 6) is -1.86. The lowest BCUT2D eigenvalue weighted by molar-refractivity contribution is -0.175. The summed E-state index contributed by atoms with van der Waals surface area (Å²) in [6.07, 6.45) is -4.48. The van der Waals surface area contributed by atoms with E-state index >= 15 is 0 Å². The van der Waals surface area contributed by atoms with Gasteiger partial charge >= 0.3 is 12.1 Å². The molecule has 1 aromatic heterocycles. The van der Waals surface area contributed by atoms with Crippen molar-refractivity contribution in [2.75, 3.05) is 13.2 Å². The summed E-state index contributed by atoms with van der Waals surface area (Å²) < 4.78 is 39.4. The minimum atomic E-state index is -4.48.